The Bertz CT molecular complexity index is 1870. The van der Waals surface area contributed by atoms with E-state index in [9.17, 15) is 0 Å². The Labute approximate surface area is 268 Å². The Hall–Kier alpha value is -5.07. The van der Waals surface area contributed by atoms with Gasteiger partial charge in [0.15, 0.2) is 75.8 Å². The fourth-order valence-electron chi connectivity index (χ4n) is 5.49. The van der Waals surface area contributed by atoms with E-state index in [1.165, 1.54) is 33.4 Å². The van der Waals surface area contributed by atoms with E-state index in [4.69, 9.17) is 21.1 Å². The van der Waals surface area contributed by atoms with Gasteiger partial charge >= 0.3 is 0 Å². The average molecular weight is 615 g/mol. The van der Waals surface area contributed by atoms with Gasteiger partial charge in [-0.3, -0.25) is 0 Å². The maximum Gasteiger partial charge on any atom is 0.182 e. The topological polar surface area (TPSA) is 34.0 Å². The van der Waals surface area contributed by atoms with Crippen molar-refractivity contribution in [3.63, 3.8) is 0 Å². The molecular weight excluding hydrogens is 580 g/mol. The minimum atomic E-state index is 0.489. The Morgan fingerprint density at radius 3 is 1.29 bits per heavy atom. The van der Waals surface area contributed by atoms with E-state index >= 15 is 0 Å². The predicted octanol–water partition coefficient (Wildman–Crippen LogP) is 5.39. The Morgan fingerprint density at radius 2 is 0.844 bits per heavy atom. The van der Waals surface area contributed by atoms with Crippen molar-refractivity contribution in [1.82, 2.24) is 0 Å². The molecule has 0 amide bonds. The van der Waals surface area contributed by atoms with E-state index in [-0.39, 0.29) is 0 Å². The zero-order valence-electron chi connectivity index (χ0n) is 25.0. The Morgan fingerprint density at radius 1 is 0.444 bits per heavy atom. The fourth-order valence-corrected chi connectivity index (χ4v) is 5.67. The van der Waals surface area contributed by atoms with Crippen molar-refractivity contribution in [3.8, 4) is 33.8 Å². The molecule has 0 saturated carbocycles. The first-order chi connectivity index (χ1) is 22.1. The zero-order chi connectivity index (χ0) is 30.4. The van der Waals surface area contributed by atoms with Crippen LogP contribution in [0, 0.1) is 0 Å². The van der Waals surface area contributed by atoms with Gasteiger partial charge in [-0.1, -0.05) is 35.9 Å². The molecular formula is C38H35ClN4O2+4. The molecule has 6 nitrogen and oxygen atoms in total. The number of nitrogens with zero attached hydrogens (tertiary/aromatic N) is 4. The largest absolute Gasteiger partial charge is 0.487 e. The van der Waals surface area contributed by atoms with Gasteiger partial charge in [0, 0.05) is 65.7 Å². The van der Waals surface area contributed by atoms with E-state index in [1.807, 2.05) is 18.2 Å². The summed E-state index contributed by atoms with van der Waals surface area (Å²) in [5.41, 5.74) is 7.27. The van der Waals surface area contributed by atoms with Crippen LogP contribution in [-0.4, -0.2) is 13.2 Å². The summed E-state index contributed by atoms with van der Waals surface area (Å²) in [6, 6.07) is 31.7. The molecule has 4 aromatic heterocycles. The summed E-state index contributed by atoms with van der Waals surface area (Å²) in [4.78, 5) is 0. The lowest BCUT2D eigenvalue weighted by Gasteiger charge is -2.10. The summed E-state index contributed by atoms with van der Waals surface area (Å²) >= 11 is 6.44. The lowest BCUT2D eigenvalue weighted by atomic mass is 10.1. The second kappa shape index (κ2) is 13.3. The van der Waals surface area contributed by atoms with Gasteiger partial charge in [0.05, 0.1) is 5.02 Å². The quantitative estimate of drug-likeness (QED) is 0.215. The summed E-state index contributed by atoms with van der Waals surface area (Å²) < 4.78 is 20.8. The lowest BCUT2D eigenvalue weighted by molar-refractivity contribution is -0.697. The van der Waals surface area contributed by atoms with Crippen molar-refractivity contribution in [2.45, 2.75) is 26.2 Å². The highest BCUT2D eigenvalue weighted by atomic mass is 35.5. The summed E-state index contributed by atoms with van der Waals surface area (Å²) in [6.07, 6.45) is 16.9. The summed E-state index contributed by atoms with van der Waals surface area (Å²) in [6.45, 7) is 4.10. The van der Waals surface area contributed by atoms with Crippen LogP contribution in [0.1, 0.15) is 11.1 Å². The van der Waals surface area contributed by atoms with Gasteiger partial charge in [0.1, 0.15) is 24.7 Å². The van der Waals surface area contributed by atoms with Gasteiger partial charge in [0.2, 0.25) is 0 Å². The number of halogens is 1. The van der Waals surface area contributed by atoms with Gasteiger partial charge in [-0.25, -0.2) is 18.3 Å². The number of ether oxygens (including phenoxy) is 2. The van der Waals surface area contributed by atoms with Crippen LogP contribution in [0.5, 0.6) is 11.5 Å². The number of rotatable bonds is 0. The van der Waals surface area contributed by atoms with E-state index in [1.54, 1.807) is 0 Å². The second-order valence-electron chi connectivity index (χ2n) is 11.3. The molecule has 45 heavy (non-hydrogen) atoms. The van der Waals surface area contributed by atoms with Crippen LogP contribution in [0.2, 0.25) is 5.02 Å². The van der Waals surface area contributed by atoms with Gasteiger partial charge in [-0.2, -0.15) is 0 Å². The van der Waals surface area contributed by atoms with Gasteiger partial charge < -0.3 is 9.47 Å². The van der Waals surface area contributed by atoms with Gasteiger partial charge in [-0.05, 0) is 34.4 Å². The van der Waals surface area contributed by atoms with Crippen LogP contribution in [0.4, 0.5) is 0 Å². The van der Waals surface area contributed by atoms with E-state index in [0.29, 0.717) is 30.5 Å². The normalized spacial score (nSPS) is 13.3. The molecule has 0 unspecified atom stereocenters. The van der Waals surface area contributed by atoms with E-state index < -0.39 is 0 Å². The van der Waals surface area contributed by atoms with Crippen molar-refractivity contribution < 1.29 is 27.7 Å². The van der Waals surface area contributed by atoms with Gasteiger partial charge in [-0.15, -0.1) is 0 Å². The number of aromatic nitrogens is 4. The first-order valence-corrected chi connectivity index (χ1v) is 15.6. The Kier molecular flexibility index (Phi) is 8.47. The molecule has 0 N–H and O–H groups in total. The number of fused-ring (bicyclic) bond motifs is 1. The summed E-state index contributed by atoms with van der Waals surface area (Å²) in [5, 5.41) is 0.568. The fraction of sp³-hybridized carbons (Fsp3) is 0.158. The van der Waals surface area contributed by atoms with Crippen LogP contribution < -0.4 is 27.7 Å². The minimum Gasteiger partial charge on any atom is -0.487 e. The lowest BCUT2D eigenvalue weighted by Crippen LogP contribution is -2.35. The molecule has 0 aliphatic carbocycles. The summed E-state index contributed by atoms with van der Waals surface area (Å²) in [5.74, 6) is 1.35. The van der Waals surface area contributed by atoms with E-state index in [2.05, 4.69) is 141 Å². The van der Waals surface area contributed by atoms with Crippen molar-refractivity contribution in [2.75, 3.05) is 13.2 Å². The van der Waals surface area contributed by atoms with E-state index in [0.717, 1.165) is 25.4 Å². The molecule has 222 valence electrons. The Balaban J connectivity index is 1.12. The monoisotopic (exact) mass is 614 g/mol. The van der Waals surface area contributed by atoms with Gasteiger partial charge in [0.25, 0.3) is 0 Å². The molecule has 0 atom stereocenters. The number of hydrogen-bond acceptors (Lipinski definition) is 2. The molecule has 12 bridgehead atoms. The van der Waals surface area contributed by atoms with Crippen LogP contribution in [-0.2, 0) is 26.2 Å². The maximum atomic E-state index is 6.44. The molecule has 14 rings (SSSR count). The molecule has 2 aromatic carbocycles. The number of benzene rings is 2. The third-order valence-electron chi connectivity index (χ3n) is 8.11. The first kappa shape index (κ1) is 28.7. The average Bonchev–Trinajstić information content (AvgIpc) is 3.08. The predicted molar refractivity (Wildman–Crippen MR) is 172 cm³/mol. The molecule has 8 aliphatic rings. The SMILES string of the molecule is Clc1ccc2cc1OCC[n+]1ccc(cc1)-c1cc[n+](cc1)Cc1ccc(cc1)C[n+]1ccc(cc1)-c1cc[n+](cc1)CCO2. The zero-order valence-corrected chi connectivity index (χ0v) is 25.8. The number of pyridine rings is 4. The van der Waals surface area contributed by atoms with Crippen molar-refractivity contribution >= 4 is 11.6 Å². The van der Waals surface area contributed by atoms with Crippen molar-refractivity contribution in [2.24, 2.45) is 0 Å². The maximum absolute atomic E-state index is 6.44. The third kappa shape index (κ3) is 7.19. The molecule has 0 saturated heterocycles. The molecule has 0 spiro atoms. The van der Waals surface area contributed by atoms with Crippen LogP contribution in [0.25, 0.3) is 22.3 Å². The highest BCUT2D eigenvalue weighted by Gasteiger charge is 2.11. The molecule has 6 aromatic rings. The highest BCUT2D eigenvalue weighted by molar-refractivity contribution is 6.32. The molecule has 0 fully saturated rings. The first-order valence-electron chi connectivity index (χ1n) is 15.2. The smallest absolute Gasteiger partial charge is 0.182 e. The molecule has 0 radical (unpaired) electrons. The van der Waals surface area contributed by atoms with Crippen molar-refractivity contribution in [1.29, 1.82) is 0 Å². The molecule has 8 aliphatic heterocycles. The standard InChI is InChI=1S/C38H35ClN4O2/c39-37-6-5-36-27-38(37)45-26-24-41-17-9-33(10-18-41)35-13-21-43(22-14-35)29-31-3-1-30(2-4-31)28-42-19-11-34(12-20-42)32-7-15-40(16-8-32)23-25-44-36/h1-22,27H,23-26,28-29H2/q+4. The number of hydrogen-bond donors (Lipinski definition) is 0. The summed E-state index contributed by atoms with van der Waals surface area (Å²) in [7, 11) is 0. The third-order valence-corrected chi connectivity index (χ3v) is 8.42. The molecule has 12 heterocycles. The van der Waals surface area contributed by atoms with Crippen LogP contribution >= 0.6 is 11.6 Å². The molecule has 7 heteroatoms. The minimum absolute atomic E-state index is 0.489. The highest BCUT2D eigenvalue weighted by Crippen LogP contribution is 2.29. The van der Waals surface area contributed by atoms with Crippen molar-refractivity contribution in [3.05, 3.63) is 157 Å². The second-order valence-corrected chi connectivity index (χ2v) is 11.7. The van der Waals surface area contributed by atoms with Crippen LogP contribution in [0.15, 0.2) is 141 Å². The van der Waals surface area contributed by atoms with Crippen LogP contribution in [0.3, 0.4) is 0 Å².